The molecule has 1 saturated heterocycles. The van der Waals surface area contributed by atoms with Crippen molar-refractivity contribution in [2.24, 2.45) is 0 Å². The summed E-state index contributed by atoms with van der Waals surface area (Å²) < 4.78 is 32.5. The van der Waals surface area contributed by atoms with E-state index in [1.54, 1.807) is 24.3 Å². The van der Waals surface area contributed by atoms with Crippen LogP contribution in [0.25, 0.3) is 0 Å². The van der Waals surface area contributed by atoms with Gasteiger partial charge in [-0.3, -0.25) is 0 Å². The molecule has 1 unspecified atom stereocenters. The van der Waals surface area contributed by atoms with Gasteiger partial charge in [-0.2, -0.15) is 4.31 Å². The molecular formula is C13H22N2O3S. The molecule has 1 atom stereocenters. The number of sulfonamides is 1. The van der Waals surface area contributed by atoms with Crippen LogP contribution in [0.3, 0.4) is 0 Å². The van der Waals surface area contributed by atoms with E-state index >= 15 is 0 Å². The van der Waals surface area contributed by atoms with Crippen LogP contribution in [0.4, 0.5) is 0 Å². The van der Waals surface area contributed by atoms with Crippen molar-refractivity contribution in [2.75, 3.05) is 13.6 Å². The molecule has 1 aromatic rings. The minimum atomic E-state index is -3.43. The van der Waals surface area contributed by atoms with E-state index in [2.05, 4.69) is 5.32 Å². The molecule has 5 nitrogen and oxygen atoms in total. The van der Waals surface area contributed by atoms with Crippen molar-refractivity contribution in [3.05, 3.63) is 17.6 Å². The maximum atomic E-state index is 12.7. The summed E-state index contributed by atoms with van der Waals surface area (Å²) in [4.78, 5) is 0.312. The van der Waals surface area contributed by atoms with Crippen molar-refractivity contribution in [1.29, 1.82) is 0 Å². The van der Waals surface area contributed by atoms with Gasteiger partial charge in [-0.15, -0.1) is 0 Å². The fraction of sp³-hybridized carbons (Fsp3) is 0.692. The predicted molar refractivity (Wildman–Crippen MR) is 73.4 cm³/mol. The van der Waals surface area contributed by atoms with Crippen molar-refractivity contribution in [3.8, 4) is 0 Å². The van der Waals surface area contributed by atoms with E-state index in [1.807, 2.05) is 6.92 Å². The lowest BCUT2D eigenvalue weighted by Crippen LogP contribution is -2.41. The topological polar surface area (TPSA) is 62.6 Å². The van der Waals surface area contributed by atoms with Gasteiger partial charge in [0.1, 0.15) is 16.4 Å². The quantitative estimate of drug-likeness (QED) is 0.918. The Kier molecular flexibility index (Phi) is 4.32. The Morgan fingerprint density at radius 1 is 1.47 bits per heavy atom. The van der Waals surface area contributed by atoms with Gasteiger partial charge in [0.2, 0.25) is 10.0 Å². The first-order valence-electron chi connectivity index (χ1n) is 6.72. The van der Waals surface area contributed by atoms with E-state index in [-0.39, 0.29) is 6.04 Å². The normalized spacial score (nSPS) is 21.7. The van der Waals surface area contributed by atoms with Crippen LogP contribution in [-0.2, 0) is 16.6 Å². The molecular weight excluding hydrogens is 264 g/mol. The van der Waals surface area contributed by atoms with Crippen molar-refractivity contribution < 1.29 is 12.8 Å². The highest BCUT2D eigenvalue weighted by atomic mass is 32.2. The smallest absolute Gasteiger partial charge is 0.246 e. The van der Waals surface area contributed by atoms with Gasteiger partial charge in [-0.05, 0) is 33.7 Å². The summed E-state index contributed by atoms with van der Waals surface area (Å²) in [7, 11) is -1.62. The maximum absolute atomic E-state index is 12.7. The zero-order valence-corrected chi connectivity index (χ0v) is 12.6. The Morgan fingerprint density at radius 2 is 2.21 bits per heavy atom. The second-order valence-corrected chi connectivity index (χ2v) is 6.98. The number of nitrogens with one attached hydrogen (secondary N) is 1. The van der Waals surface area contributed by atoms with Gasteiger partial charge in [0.05, 0.1) is 6.54 Å². The van der Waals surface area contributed by atoms with Gasteiger partial charge < -0.3 is 9.73 Å². The summed E-state index contributed by atoms with van der Waals surface area (Å²) in [5.74, 6) is 1.13. The van der Waals surface area contributed by atoms with Crippen LogP contribution in [0.5, 0.6) is 0 Å². The molecule has 0 radical (unpaired) electrons. The second kappa shape index (κ2) is 5.64. The molecule has 0 spiro atoms. The van der Waals surface area contributed by atoms with Gasteiger partial charge in [-0.25, -0.2) is 8.42 Å². The largest absolute Gasteiger partial charge is 0.464 e. The van der Waals surface area contributed by atoms with E-state index in [0.717, 1.165) is 19.3 Å². The average Bonchev–Trinajstić information content (AvgIpc) is 2.72. The molecule has 0 saturated carbocycles. The Labute approximate surface area is 115 Å². The second-order valence-electron chi connectivity index (χ2n) is 5.12. The third-order valence-electron chi connectivity index (χ3n) is 3.60. The van der Waals surface area contributed by atoms with E-state index in [4.69, 9.17) is 4.42 Å². The maximum Gasteiger partial charge on any atom is 0.246 e. The third-order valence-corrected chi connectivity index (χ3v) is 5.72. The van der Waals surface area contributed by atoms with Crippen LogP contribution in [0.15, 0.2) is 15.4 Å². The molecule has 0 bridgehead atoms. The summed E-state index contributed by atoms with van der Waals surface area (Å²) in [6.07, 6.45) is 2.96. The van der Waals surface area contributed by atoms with Crippen LogP contribution >= 0.6 is 0 Å². The zero-order chi connectivity index (χ0) is 14.0. The van der Waals surface area contributed by atoms with Crippen LogP contribution in [0, 0.1) is 6.92 Å². The number of hydrogen-bond acceptors (Lipinski definition) is 4. The van der Waals surface area contributed by atoms with Gasteiger partial charge in [0.15, 0.2) is 0 Å². The Hall–Kier alpha value is -0.850. The number of aryl methyl sites for hydroxylation is 1. The summed E-state index contributed by atoms with van der Waals surface area (Å²) in [6, 6.07) is 1.71. The lowest BCUT2D eigenvalue weighted by molar-refractivity contribution is 0.268. The Bertz CT molecular complexity index is 536. The standard InChI is InChI=1S/C13H22N2O3S/c1-10-6-4-5-7-15(10)19(16,17)13-8-12(9-14-3)18-11(13)2/h8,10,14H,4-7,9H2,1-3H3. The molecule has 1 aromatic heterocycles. The number of nitrogens with zero attached hydrogens (tertiary/aromatic N) is 1. The number of piperidine rings is 1. The number of rotatable bonds is 4. The fourth-order valence-corrected chi connectivity index (χ4v) is 4.48. The Balaban J connectivity index is 2.33. The molecule has 0 aliphatic carbocycles. The lowest BCUT2D eigenvalue weighted by atomic mass is 10.1. The molecule has 0 amide bonds. The molecule has 1 aliphatic heterocycles. The Morgan fingerprint density at radius 3 is 2.84 bits per heavy atom. The minimum absolute atomic E-state index is 0.0702. The molecule has 19 heavy (non-hydrogen) atoms. The summed E-state index contributed by atoms with van der Waals surface area (Å²) in [5.41, 5.74) is 0. The van der Waals surface area contributed by atoms with E-state index in [0.29, 0.717) is 29.5 Å². The van der Waals surface area contributed by atoms with Crippen LogP contribution in [0.1, 0.15) is 37.7 Å². The van der Waals surface area contributed by atoms with Crippen LogP contribution < -0.4 is 5.32 Å². The van der Waals surface area contributed by atoms with E-state index in [1.165, 1.54) is 0 Å². The van der Waals surface area contributed by atoms with Crippen molar-refractivity contribution in [1.82, 2.24) is 9.62 Å². The first-order chi connectivity index (χ1) is 8.96. The summed E-state index contributed by atoms with van der Waals surface area (Å²) in [5, 5.41) is 2.96. The molecule has 1 aliphatic rings. The molecule has 1 fully saturated rings. The fourth-order valence-electron chi connectivity index (χ4n) is 2.60. The molecule has 1 N–H and O–H groups in total. The summed E-state index contributed by atoms with van der Waals surface area (Å²) in [6.45, 7) is 4.82. The van der Waals surface area contributed by atoms with Gasteiger partial charge in [0.25, 0.3) is 0 Å². The van der Waals surface area contributed by atoms with Crippen molar-refractivity contribution in [2.45, 2.75) is 50.6 Å². The monoisotopic (exact) mass is 286 g/mol. The third kappa shape index (κ3) is 2.85. The SMILES string of the molecule is CNCc1cc(S(=O)(=O)N2CCCCC2C)c(C)o1. The van der Waals surface area contributed by atoms with Crippen molar-refractivity contribution >= 4 is 10.0 Å². The van der Waals surface area contributed by atoms with E-state index < -0.39 is 10.0 Å². The number of hydrogen-bond donors (Lipinski definition) is 1. The lowest BCUT2D eigenvalue weighted by Gasteiger charge is -2.31. The highest BCUT2D eigenvalue weighted by Crippen LogP contribution is 2.28. The number of furan rings is 1. The van der Waals surface area contributed by atoms with Crippen molar-refractivity contribution in [3.63, 3.8) is 0 Å². The molecule has 2 heterocycles. The highest BCUT2D eigenvalue weighted by molar-refractivity contribution is 7.89. The predicted octanol–water partition coefficient (Wildman–Crippen LogP) is 1.87. The highest BCUT2D eigenvalue weighted by Gasteiger charge is 2.33. The van der Waals surface area contributed by atoms with Crippen LogP contribution in [0.2, 0.25) is 0 Å². The van der Waals surface area contributed by atoms with E-state index in [9.17, 15) is 8.42 Å². The van der Waals surface area contributed by atoms with Gasteiger partial charge in [-0.1, -0.05) is 6.42 Å². The zero-order valence-electron chi connectivity index (χ0n) is 11.8. The molecule has 0 aromatic carbocycles. The van der Waals surface area contributed by atoms with Gasteiger partial charge in [0, 0.05) is 18.7 Å². The molecule has 6 heteroatoms. The van der Waals surface area contributed by atoms with Gasteiger partial charge >= 0.3 is 0 Å². The molecule has 2 rings (SSSR count). The minimum Gasteiger partial charge on any atom is -0.464 e. The molecule has 108 valence electrons. The summed E-state index contributed by atoms with van der Waals surface area (Å²) >= 11 is 0. The van der Waals surface area contributed by atoms with Crippen LogP contribution in [-0.4, -0.2) is 32.4 Å². The first kappa shape index (κ1) is 14.6. The average molecular weight is 286 g/mol. The first-order valence-corrected chi connectivity index (χ1v) is 8.16.